The molecule has 0 unspecified atom stereocenters. The van der Waals surface area contributed by atoms with Crippen molar-refractivity contribution in [2.75, 3.05) is 7.05 Å². The summed E-state index contributed by atoms with van der Waals surface area (Å²) in [6.07, 6.45) is -2.07. The molecule has 29 heavy (non-hydrogen) atoms. The van der Waals surface area contributed by atoms with Crippen molar-refractivity contribution in [3.05, 3.63) is 89.0 Å². The van der Waals surface area contributed by atoms with E-state index in [0.717, 1.165) is 11.8 Å². The molecule has 0 aliphatic carbocycles. The molecular formula is C25H26F3N. The highest BCUT2D eigenvalue weighted by Gasteiger charge is 2.31. The van der Waals surface area contributed by atoms with Gasteiger partial charge in [0.25, 0.3) is 0 Å². The Kier molecular flexibility index (Phi) is 7.38. The van der Waals surface area contributed by atoms with Gasteiger partial charge in [-0.25, -0.2) is 0 Å². The van der Waals surface area contributed by atoms with Crippen LogP contribution in [0.4, 0.5) is 13.2 Å². The summed E-state index contributed by atoms with van der Waals surface area (Å²) >= 11 is 0. The highest BCUT2D eigenvalue weighted by molar-refractivity contribution is 6.03. The molecule has 0 atom stereocenters. The second-order valence-corrected chi connectivity index (χ2v) is 6.98. The van der Waals surface area contributed by atoms with E-state index in [-0.39, 0.29) is 5.56 Å². The number of halogens is 3. The number of hydrogen-bond acceptors (Lipinski definition) is 1. The van der Waals surface area contributed by atoms with Gasteiger partial charge in [-0.3, -0.25) is 4.99 Å². The van der Waals surface area contributed by atoms with E-state index in [0.29, 0.717) is 0 Å². The predicted molar refractivity (Wildman–Crippen MR) is 118 cm³/mol. The number of allylic oxidation sites excluding steroid dienone is 2. The Hall–Kier alpha value is -2.88. The van der Waals surface area contributed by atoms with Gasteiger partial charge in [0.1, 0.15) is 0 Å². The normalized spacial score (nSPS) is 12.6. The van der Waals surface area contributed by atoms with E-state index in [2.05, 4.69) is 61.3 Å². The van der Waals surface area contributed by atoms with Crippen LogP contribution in [0.5, 0.6) is 0 Å². The molecule has 0 heterocycles. The maximum atomic E-state index is 12.0. The van der Waals surface area contributed by atoms with Crippen LogP contribution in [0.25, 0.3) is 16.3 Å². The number of rotatable bonds is 2. The number of fused-ring (bicyclic) bond motifs is 1. The van der Waals surface area contributed by atoms with Crippen molar-refractivity contribution in [2.24, 2.45) is 4.99 Å². The van der Waals surface area contributed by atoms with Crippen LogP contribution in [-0.2, 0) is 6.18 Å². The molecule has 1 nitrogen and oxygen atoms in total. The fraction of sp³-hybridized carbons (Fsp3) is 0.240. The molecule has 0 fully saturated rings. The third-order valence-corrected chi connectivity index (χ3v) is 4.76. The van der Waals surface area contributed by atoms with Crippen molar-refractivity contribution in [2.45, 2.75) is 33.9 Å². The highest BCUT2D eigenvalue weighted by Crippen LogP contribution is 2.31. The van der Waals surface area contributed by atoms with Crippen LogP contribution in [0.2, 0.25) is 0 Å². The molecule has 4 heteroatoms. The fourth-order valence-corrected chi connectivity index (χ4v) is 3.24. The zero-order valence-corrected chi connectivity index (χ0v) is 17.4. The average Bonchev–Trinajstić information content (AvgIpc) is 2.67. The average molecular weight is 397 g/mol. The molecule has 0 spiro atoms. The van der Waals surface area contributed by atoms with E-state index in [4.69, 9.17) is 0 Å². The van der Waals surface area contributed by atoms with E-state index in [1.807, 2.05) is 14.0 Å². The van der Waals surface area contributed by atoms with Gasteiger partial charge in [0.15, 0.2) is 0 Å². The van der Waals surface area contributed by atoms with Crippen molar-refractivity contribution in [1.29, 1.82) is 0 Å². The van der Waals surface area contributed by atoms with E-state index in [1.165, 1.54) is 46.5 Å². The lowest BCUT2D eigenvalue weighted by molar-refractivity contribution is -0.138. The second-order valence-electron chi connectivity index (χ2n) is 6.98. The number of nitrogens with zero attached hydrogens (tertiary/aromatic N) is 1. The topological polar surface area (TPSA) is 12.4 Å². The molecule has 152 valence electrons. The number of alkyl halides is 3. The first-order chi connectivity index (χ1) is 13.6. The monoisotopic (exact) mass is 397 g/mol. The molecule has 0 bridgehead atoms. The van der Waals surface area contributed by atoms with Crippen LogP contribution in [-0.4, -0.2) is 12.8 Å². The van der Waals surface area contributed by atoms with E-state index in [1.54, 1.807) is 6.07 Å². The predicted octanol–water partition coefficient (Wildman–Crippen LogP) is 7.66. The molecule has 0 N–H and O–H groups in total. The zero-order chi connectivity index (χ0) is 21.6. The third kappa shape index (κ3) is 5.80. The van der Waals surface area contributed by atoms with Crippen LogP contribution in [0, 0.1) is 13.8 Å². The summed E-state index contributed by atoms with van der Waals surface area (Å²) in [7, 11) is 1.83. The van der Waals surface area contributed by atoms with Crippen LogP contribution >= 0.6 is 0 Å². The minimum absolute atomic E-state index is 0.264. The first-order valence-electron chi connectivity index (χ1n) is 9.38. The molecule has 3 rings (SSSR count). The maximum Gasteiger partial charge on any atom is 0.416 e. The van der Waals surface area contributed by atoms with Gasteiger partial charge >= 0.3 is 6.18 Å². The Morgan fingerprint density at radius 2 is 1.45 bits per heavy atom. The van der Waals surface area contributed by atoms with Crippen molar-refractivity contribution >= 4 is 22.1 Å². The Morgan fingerprint density at radius 1 is 0.828 bits per heavy atom. The minimum atomic E-state index is -4.22. The molecule has 3 aromatic rings. The fourth-order valence-electron chi connectivity index (χ4n) is 3.24. The molecule has 3 aromatic carbocycles. The van der Waals surface area contributed by atoms with Gasteiger partial charge in [-0.05, 0) is 72.9 Å². The van der Waals surface area contributed by atoms with Gasteiger partial charge in [0.2, 0.25) is 0 Å². The van der Waals surface area contributed by atoms with Gasteiger partial charge < -0.3 is 0 Å². The van der Waals surface area contributed by atoms with Crippen LogP contribution in [0.15, 0.2) is 71.7 Å². The molecule has 0 aliphatic heterocycles. The van der Waals surface area contributed by atoms with Crippen molar-refractivity contribution in [1.82, 2.24) is 0 Å². The smallest absolute Gasteiger partial charge is 0.293 e. The SMILES string of the molecule is CN=C(C)/C=C(\C)c1c(C)ccc2ccccc12.Cc1ccccc1C(F)(F)F. The summed E-state index contributed by atoms with van der Waals surface area (Å²) < 4.78 is 36.1. The number of benzene rings is 3. The molecule has 0 saturated heterocycles. The molecular weight excluding hydrogens is 371 g/mol. The lowest BCUT2D eigenvalue weighted by Gasteiger charge is -2.11. The molecule has 0 aromatic heterocycles. The standard InChI is InChI=1S/C17H19N.C8H7F3/c1-12-9-10-15-7-5-6-8-16(15)17(12)13(2)11-14(3)18-4;1-6-4-2-3-5-7(6)8(9,10)11/h5-11H,1-4H3;2-5H,1H3/b13-11+,18-14?;. The van der Waals surface area contributed by atoms with Crippen molar-refractivity contribution in [3.8, 4) is 0 Å². The van der Waals surface area contributed by atoms with Crippen LogP contribution < -0.4 is 0 Å². The van der Waals surface area contributed by atoms with Gasteiger partial charge in [0.05, 0.1) is 5.56 Å². The highest BCUT2D eigenvalue weighted by atomic mass is 19.4. The number of aliphatic imine (C=N–C) groups is 1. The zero-order valence-electron chi connectivity index (χ0n) is 17.4. The number of aryl methyl sites for hydroxylation is 2. The van der Waals surface area contributed by atoms with Gasteiger partial charge in [-0.2, -0.15) is 13.2 Å². The van der Waals surface area contributed by atoms with Gasteiger partial charge in [-0.15, -0.1) is 0 Å². The Morgan fingerprint density at radius 3 is 2.03 bits per heavy atom. The molecule has 0 saturated carbocycles. The van der Waals surface area contributed by atoms with Crippen molar-refractivity contribution in [3.63, 3.8) is 0 Å². The Bertz CT molecular complexity index is 1040. The Balaban J connectivity index is 0.000000234. The summed E-state index contributed by atoms with van der Waals surface area (Å²) in [6.45, 7) is 7.80. The van der Waals surface area contributed by atoms with Crippen LogP contribution in [0.1, 0.15) is 36.1 Å². The van der Waals surface area contributed by atoms with E-state index in [9.17, 15) is 13.2 Å². The Labute approximate surface area is 170 Å². The lowest BCUT2D eigenvalue weighted by atomic mass is 9.94. The third-order valence-electron chi connectivity index (χ3n) is 4.76. The summed E-state index contributed by atoms with van der Waals surface area (Å²) in [5.74, 6) is 0. The maximum absolute atomic E-state index is 12.0. The summed E-state index contributed by atoms with van der Waals surface area (Å²) in [5, 5.41) is 2.60. The van der Waals surface area contributed by atoms with Gasteiger partial charge in [-0.1, -0.05) is 54.6 Å². The summed E-state index contributed by atoms with van der Waals surface area (Å²) in [4.78, 5) is 4.20. The molecule has 0 aliphatic rings. The quantitative estimate of drug-likeness (QED) is 0.394. The first-order valence-corrected chi connectivity index (χ1v) is 9.38. The molecule has 0 radical (unpaired) electrons. The minimum Gasteiger partial charge on any atom is -0.293 e. The van der Waals surface area contributed by atoms with Crippen molar-refractivity contribution < 1.29 is 13.2 Å². The van der Waals surface area contributed by atoms with Crippen LogP contribution in [0.3, 0.4) is 0 Å². The summed E-state index contributed by atoms with van der Waals surface area (Å²) in [5.41, 5.74) is 4.68. The number of hydrogen-bond donors (Lipinski definition) is 0. The van der Waals surface area contributed by atoms with Gasteiger partial charge in [0, 0.05) is 12.8 Å². The second kappa shape index (κ2) is 9.55. The van der Waals surface area contributed by atoms with E-state index < -0.39 is 11.7 Å². The molecule has 0 amide bonds. The first kappa shape index (κ1) is 22.4. The van der Waals surface area contributed by atoms with E-state index >= 15 is 0 Å². The lowest BCUT2D eigenvalue weighted by Crippen LogP contribution is -2.06. The largest absolute Gasteiger partial charge is 0.416 e. The summed E-state index contributed by atoms with van der Waals surface area (Å²) in [6, 6.07) is 18.4.